The number of benzene rings is 3. The maximum absolute atomic E-state index is 12.3. The summed E-state index contributed by atoms with van der Waals surface area (Å²) in [6.45, 7) is 1.88. The molecule has 0 radical (unpaired) electrons. The summed E-state index contributed by atoms with van der Waals surface area (Å²) < 4.78 is 10.8. The van der Waals surface area contributed by atoms with E-state index in [1.54, 1.807) is 0 Å². The minimum Gasteiger partial charge on any atom is -0.457 e. The van der Waals surface area contributed by atoms with E-state index in [-0.39, 0.29) is 18.5 Å². The van der Waals surface area contributed by atoms with Crippen LogP contribution in [0.2, 0.25) is 0 Å². The van der Waals surface area contributed by atoms with E-state index in [2.05, 4.69) is 23.4 Å². The summed E-state index contributed by atoms with van der Waals surface area (Å²) in [5.41, 5.74) is 2.25. The van der Waals surface area contributed by atoms with Crippen LogP contribution in [0.3, 0.4) is 0 Å². The molecule has 0 aliphatic carbocycles. The van der Waals surface area contributed by atoms with Gasteiger partial charge in [-0.1, -0.05) is 53.7 Å². The van der Waals surface area contributed by atoms with E-state index in [1.807, 2.05) is 55.5 Å². The summed E-state index contributed by atoms with van der Waals surface area (Å²) >= 11 is 0. The normalized spacial score (nSPS) is 12.4. The van der Waals surface area contributed by atoms with Gasteiger partial charge in [0.25, 0.3) is 0 Å². The first-order valence-electron chi connectivity index (χ1n) is 8.22. The number of fused-ring (bicyclic) bond motifs is 2. The van der Waals surface area contributed by atoms with Crippen molar-refractivity contribution in [3.63, 3.8) is 0 Å². The maximum Gasteiger partial charge on any atom is 0.312 e. The summed E-state index contributed by atoms with van der Waals surface area (Å²) in [5, 5.41) is 7.12. The molecule has 0 unspecified atom stereocenters. The van der Waals surface area contributed by atoms with Gasteiger partial charge in [-0.25, -0.2) is 0 Å². The monoisotopic (exact) mass is 331 g/mol. The molecular weight excluding hydrogens is 314 g/mol. The number of aromatic nitrogens is 1. The summed E-state index contributed by atoms with van der Waals surface area (Å²) in [5.74, 6) is -0.320. The molecule has 4 heteroatoms. The van der Waals surface area contributed by atoms with Gasteiger partial charge >= 0.3 is 5.97 Å². The zero-order valence-electron chi connectivity index (χ0n) is 13.8. The van der Waals surface area contributed by atoms with Gasteiger partial charge in [-0.05, 0) is 41.5 Å². The van der Waals surface area contributed by atoms with Gasteiger partial charge in [0.15, 0.2) is 5.58 Å². The third kappa shape index (κ3) is 3.11. The lowest BCUT2D eigenvalue weighted by Gasteiger charge is -2.14. The fraction of sp³-hybridized carbons (Fsp3) is 0.143. The second-order valence-corrected chi connectivity index (χ2v) is 6.04. The van der Waals surface area contributed by atoms with E-state index >= 15 is 0 Å². The van der Waals surface area contributed by atoms with Crippen LogP contribution in [0.15, 0.2) is 71.3 Å². The molecule has 1 heterocycles. The fourth-order valence-corrected chi connectivity index (χ4v) is 2.97. The number of carbonyl (C=O) groups is 1. The van der Waals surface area contributed by atoms with E-state index < -0.39 is 0 Å². The third-order valence-corrected chi connectivity index (χ3v) is 4.32. The van der Waals surface area contributed by atoms with Crippen molar-refractivity contribution in [2.45, 2.75) is 19.4 Å². The van der Waals surface area contributed by atoms with Gasteiger partial charge in [0, 0.05) is 5.39 Å². The Kier molecular flexibility index (Phi) is 3.94. The molecule has 0 spiro atoms. The molecule has 0 saturated carbocycles. The van der Waals surface area contributed by atoms with Crippen LogP contribution in [0, 0.1) is 0 Å². The standard InChI is InChI=1S/C21H17NO3/c1-14(16-11-10-15-6-2-3-7-17(15)12-16)24-21(23)13-19-18-8-4-5-9-20(18)25-22-19/h2-12,14H,13H2,1H3/t14-/m0/s1. The molecule has 0 aliphatic heterocycles. The summed E-state index contributed by atoms with van der Waals surface area (Å²) in [6.07, 6.45) is -0.232. The van der Waals surface area contributed by atoms with Crippen LogP contribution >= 0.6 is 0 Å². The van der Waals surface area contributed by atoms with Crippen LogP contribution in [0.25, 0.3) is 21.7 Å². The molecule has 1 aromatic heterocycles. The average Bonchev–Trinajstić information content (AvgIpc) is 3.04. The summed E-state index contributed by atoms with van der Waals surface area (Å²) in [6, 6.07) is 21.7. The van der Waals surface area contributed by atoms with Gasteiger partial charge in [-0.15, -0.1) is 0 Å². The number of nitrogens with zero attached hydrogens (tertiary/aromatic N) is 1. The molecule has 1 atom stereocenters. The molecule has 25 heavy (non-hydrogen) atoms. The van der Waals surface area contributed by atoms with Gasteiger partial charge in [0.2, 0.25) is 0 Å². The first-order chi connectivity index (χ1) is 12.2. The Labute approximate surface area is 145 Å². The van der Waals surface area contributed by atoms with E-state index in [0.717, 1.165) is 16.3 Å². The second kappa shape index (κ2) is 6.40. The van der Waals surface area contributed by atoms with Crippen LogP contribution in [0.5, 0.6) is 0 Å². The number of ether oxygens (including phenoxy) is 1. The molecule has 4 nitrogen and oxygen atoms in total. The van der Waals surface area contributed by atoms with Gasteiger partial charge in [0.1, 0.15) is 11.8 Å². The number of rotatable bonds is 4. The van der Waals surface area contributed by atoms with Crippen molar-refractivity contribution in [2.24, 2.45) is 0 Å². The highest BCUT2D eigenvalue weighted by Gasteiger charge is 2.16. The number of hydrogen-bond acceptors (Lipinski definition) is 4. The second-order valence-electron chi connectivity index (χ2n) is 6.04. The van der Waals surface area contributed by atoms with Crippen molar-refractivity contribution in [1.29, 1.82) is 0 Å². The Morgan fingerprint density at radius 1 is 1.04 bits per heavy atom. The Balaban J connectivity index is 1.49. The third-order valence-electron chi connectivity index (χ3n) is 4.32. The van der Waals surface area contributed by atoms with Crippen molar-refractivity contribution in [3.8, 4) is 0 Å². The molecule has 0 amide bonds. The molecule has 0 bridgehead atoms. The van der Waals surface area contributed by atoms with Crippen molar-refractivity contribution in [2.75, 3.05) is 0 Å². The maximum atomic E-state index is 12.3. The highest BCUT2D eigenvalue weighted by atomic mass is 16.5. The van der Waals surface area contributed by atoms with Crippen LogP contribution in [-0.2, 0) is 16.0 Å². The quantitative estimate of drug-likeness (QED) is 0.503. The van der Waals surface area contributed by atoms with E-state index in [9.17, 15) is 4.79 Å². The van der Waals surface area contributed by atoms with Gasteiger partial charge in [0.05, 0.1) is 6.42 Å². The lowest BCUT2D eigenvalue weighted by molar-refractivity contribution is -0.147. The largest absolute Gasteiger partial charge is 0.457 e. The van der Waals surface area contributed by atoms with E-state index in [1.165, 1.54) is 5.39 Å². The Morgan fingerprint density at radius 2 is 1.80 bits per heavy atom. The number of carbonyl (C=O) groups excluding carboxylic acids is 1. The molecule has 4 rings (SSSR count). The molecule has 124 valence electrons. The minimum absolute atomic E-state index is 0.0922. The Bertz CT molecular complexity index is 1050. The predicted octanol–water partition coefficient (Wildman–Crippen LogP) is 4.83. The number of hydrogen-bond donors (Lipinski definition) is 0. The highest BCUT2D eigenvalue weighted by Crippen LogP contribution is 2.24. The zero-order chi connectivity index (χ0) is 17.2. The molecule has 0 aliphatic rings. The number of para-hydroxylation sites is 1. The lowest BCUT2D eigenvalue weighted by Crippen LogP contribution is -2.11. The van der Waals surface area contributed by atoms with Crippen LogP contribution in [0.4, 0.5) is 0 Å². The molecule has 0 fully saturated rings. The highest BCUT2D eigenvalue weighted by molar-refractivity contribution is 5.85. The van der Waals surface area contributed by atoms with Gasteiger partial charge in [-0.3, -0.25) is 4.79 Å². The Hall–Kier alpha value is -3.14. The predicted molar refractivity (Wildman–Crippen MR) is 96.2 cm³/mol. The van der Waals surface area contributed by atoms with Crippen LogP contribution in [-0.4, -0.2) is 11.1 Å². The molecule has 0 N–H and O–H groups in total. The molecule has 4 aromatic rings. The van der Waals surface area contributed by atoms with Gasteiger partial charge in [-0.2, -0.15) is 0 Å². The van der Waals surface area contributed by atoms with Crippen LogP contribution in [0.1, 0.15) is 24.3 Å². The molecule has 0 saturated heterocycles. The van der Waals surface area contributed by atoms with Crippen molar-refractivity contribution >= 4 is 27.7 Å². The van der Waals surface area contributed by atoms with E-state index in [0.29, 0.717) is 11.3 Å². The average molecular weight is 331 g/mol. The summed E-state index contributed by atoms with van der Waals surface area (Å²) in [7, 11) is 0. The van der Waals surface area contributed by atoms with E-state index in [4.69, 9.17) is 9.26 Å². The van der Waals surface area contributed by atoms with Crippen molar-refractivity contribution < 1.29 is 14.1 Å². The summed E-state index contributed by atoms with van der Waals surface area (Å²) in [4.78, 5) is 12.3. The SMILES string of the molecule is C[C@H](OC(=O)Cc1noc2ccccc12)c1ccc2ccccc2c1. The first-order valence-corrected chi connectivity index (χ1v) is 8.22. The smallest absolute Gasteiger partial charge is 0.312 e. The Morgan fingerprint density at radius 3 is 2.68 bits per heavy atom. The molecular formula is C21H17NO3. The van der Waals surface area contributed by atoms with Crippen molar-refractivity contribution in [3.05, 3.63) is 78.0 Å². The topological polar surface area (TPSA) is 52.3 Å². The fourth-order valence-electron chi connectivity index (χ4n) is 2.97. The van der Waals surface area contributed by atoms with Crippen molar-refractivity contribution in [1.82, 2.24) is 5.16 Å². The lowest BCUT2D eigenvalue weighted by atomic mass is 10.0. The van der Waals surface area contributed by atoms with Crippen LogP contribution < -0.4 is 0 Å². The zero-order valence-corrected chi connectivity index (χ0v) is 13.8. The number of esters is 1. The first kappa shape index (κ1) is 15.4. The van der Waals surface area contributed by atoms with Gasteiger partial charge < -0.3 is 9.26 Å². The molecule has 3 aromatic carbocycles. The minimum atomic E-state index is -0.324.